The first-order chi connectivity index (χ1) is 29.4. The van der Waals surface area contributed by atoms with Crippen molar-refractivity contribution >= 4 is 19.8 Å². The smallest absolute Gasteiger partial charge is 0.462 e. The second-order valence-corrected chi connectivity index (χ2v) is 18.4. The predicted octanol–water partition coefficient (Wildman–Crippen LogP) is 9.62. The molecule has 1 fully saturated rings. The van der Waals surface area contributed by atoms with Crippen LogP contribution < -0.4 is 0 Å². The van der Waals surface area contributed by atoms with E-state index >= 15 is 0 Å². The standard InChI is InChI=1S/C47H87O13P/c1-3-5-7-9-11-13-15-17-19-20-22-23-25-27-29-31-33-35-40(48)57-37-39(38-58-61(55,56)60-47-45(53)43(51)42(50)44(52)46(47)54)59-41(49)36-34-32-30-28-26-24-21-18-16-14-12-10-8-6-4-2/h17,19,24,26,39,42-47,50-54H,3-16,18,20-23,25,27-38H2,1-2H3,(H,55,56)/b19-17+,26-24+/t39-,42?,43-,44?,45?,46?,47?/m0/s1. The lowest BCUT2D eigenvalue weighted by Crippen LogP contribution is -2.64. The van der Waals surface area contributed by atoms with Gasteiger partial charge in [-0.25, -0.2) is 4.57 Å². The highest BCUT2D eigenvalue weighted by Gasteiger charge is 2.51. The highest BCUT2D eigenvalue weighted by molar-refractivity contribution is 7.47. The maximum Gasteiger partial charge on any atom is 0.472 e. The summed E-state index contributed by atoms with van der Waals surface area (Å²) in [6, 6.07) is 0. The van der Waals surface area contributed by atoms with Crippen molar-refractivity contribution in [3.63, 3.8) is 0 Å². The van der Waals surface area contributed by atoms with Crippen molar-refractivity contribution in [1.82, 2.24) is 0 Å². The van der Waals surface area contributed by atoms with E-state index in [9.17, 15) is 44.6 Å². The molecule has 14 heteroatoms. The Morgan fingerprint density at radius 1 is 0.492 bits per heavy atom. The first-order valence-corrected chi connectivity index (χ1v) is 25.6. The Kier molecular flexibility index (Phi) is 35.4. The third-order valence-electron chi connectivity index (χ3n) is 11.3. The van der Waals surface area contributed by atoms with E-state index in [4.69, 9.17) is 18.5 Å². The lowest BCUT2D eigenvalue weighted by atomic mass is 9.85. The van der Waals surface area contributed by atoms with Crippen LogP contribution in [0.2, 0.25) is 0 Å². The van der Waals surface area contributed by atoms with Gasteiger partial charge in [-0.3, -0.25) is 18.6 Å². The van der Waals surface area contributed by atoms with Crippen LogP contribution in [0.1, 0.15) is 206 Å². The van der Waals surface area contributed by atoms with Crippen LogP contribution in [0.4, 0.5) is 0 Å². The second kappa shape index (κ2) is 37.7. The Bertz CT molecular complexity index is 1170. The first-order valence-electron chi connectivity index (χ1n) is 24.1. The zero-order valence-corrected chi connectivity index (χ0v) is 38.9. The van der Waals surface area contributed by atoms with Gasteiger partial charge in [0.05, 0.1) is 6.61 Å². The maximum atomic E-state index is 12.8. The summed E-state index contributed by atoms with van der Waals surface area (Å²) in [5, 5.41) is 50.2. The van der Waals surface area contributed by atoms with Crippen molar-refractivity contribution in [2.24, 2.45) is 0 Å². The molecule has 8 atom stereocenters. The number of unbranched alkanes of at least 4 members (excludes halogenated alkanes) is 24. The molecule has 0 amide bonds. The first kappa shape index (κ1) is 57.3. The zero-order valence-electron chi connectivity index (χ0n) is 38.0. The molecule has 6 N–H and O–H groups in total. The number of hydrogen-bond donors (Lipinski definition) is 6. The van der Waals surface area contributed by atoms with Gasteiger partial charge < -0.3 is 39.9 Å². The SMILES string of the molecule is CCCCCCCC/C=C/CCCCCCCCCC(=O)OC[C@@H](COP(=O)(O)OC1C(O)C(O)C(O)[C@H](O)C1O)OC(=O)CCCCC/C=C/CCCCCCCCCC. The molecule has 0 heterocycles. The van der Waals surface area contributed by atoms with Crippen molar-refractivity contribution < 1.29 is 63.1 Å². The van der Waals surface area contributed by atoms with E-state index in [-0.39, 0.29) is 12.8 Å². The Morgan fingerprint density at radius 3 is 1.26 bits per heavy atom. The number of esters is 2. The number of aliphatic hydroxyl groups excluding tert-OH is 5. The van der Waals surface area contributed by atoms with Crippen molar-refractivity contribution in [2.75, 3.05) is 13.2 Å². The van der Waals surface area contributed by atoms with E-state index < -0.39 is 75.7 Å². The molecule has 0 bridgehead atoms. The Labute approximate surface area is 368 Å². The molecule has 0 radical (unpaired) electrons. The number of aliphatic hydroxyl groups is 5. The van der Waals surface area contributed by atoms with Crippen molar-refractivity contribution in [2.45, 2.75) is 249 Å². The number of ether oxygens (including phenoxy) is 2. The molecule has 0 aromatic heterocycles. The molecule has 1 aliphatic carbocycles. The summed E-state index contributed by atoms with van der Waals surface area (Å²) in [6.07, 6.45) is 28.0. The number of hydrogen-bond acceptors (Lipinski definition) is 12. The molecule has 0 aromatic rings. The van der Waals surface area contributed by atoms with Gasteiger partial charge in [-0.2, -0.15) is 0 Å². The normalized spacial score (nSPS) is 22.2. The number of allylic oxidation sites excluding steroid dienone is 4. The van der Waals surface area contributed by atoms with Crippen molar-refractivity contribution in [1.29, 1.82) is 0 Å². The van der Waals surface area contributed by atoms with E-state index in [1.807, 2.05) is 0 Å². The fourth-order valence-electron chi connectivity index (χ4n) is 7.34. The second-order valence-electron chi connectivity index (χ2n) is 17.0. The minimum absolute atomic E-state index is 0.0776. The Hall–Kier alpha value is -1.67. The Morgan fingerprint density at radius 2 is 0.836 bits per heavy atom. The van der Waals surface area contributed by atoms with E-state index in [1.54, 1.807) is 0 Å². The summed E-state index contributed by atoms with van der Waals surface area (Å²) >= 11 is 0. The topological polar surface area (TPSA) is 210 Å². The average molecular weight is 891 g/mol. The molecular weight excluding hydrogens is 803 g/mol. The number of phosphoric ester groups is 1. The molecule has 0 aromatic carbocycles. The van der Waals surface area contributed by atoms with Crippen LogP contribution in [0.3, 0.4) is 0 Å². The zero-order chi connectivity index (χ0) is 45.0. The Balaban J connectivity index is 2.44. The van der Waals surface area contributed by atoms with Crippen LogP contribution in [-0.2, 0) is 32.7 Å². The lowest BCUT2D eigenvalue weighted by Gasteiger charge is -2.41. The quantitative estimate of drug-likeness (QED) is 0.0147. The van der Waals surface area contributed by atoms with Crippen LogP contribution in [0.5, 0.6) is 0 Å². The molecular formula is C47H87O13P. The molecule has 1 aliphatic rings. The largest absolute Gasteiger partial charge is 0.472 e. The van der Waals surface area contributed by atoms with Gasteiger partial charge in [0.15, 0.2) is 6.10 Å². The van der Waals surface area contributed by atoms with Crippen LogP contribution in [0, 0.1) is 0 Å². The van der Waals surface area contributed by atoms with Crippen LogP contribution in [-0.4, -0.2) is 98.3 Å². The van der Waals surface area contributed by atoms with Crippen LogP contribution in [0.15, 0.2) is 24.3 Å². The highest BCUT2D eigenvalue weighted by Crippen LogP contribution is 2.47. The summed E-state index contributed by atoms with van der Waals surface area (Å²) in [7, 11) is -5.12. The lowest BCUT2D eigenvalue weighted by molar-refractivity contribution is -0.220. The predicted molar refractivity (Wildman–Crippen MR) is 240 cm³/mol. The van der Waals surface area contributed by atoms with Crippen LogP contribution in [0.25, 0.3) is 0 Å². The summed E-state index contributed by atoms with van der Waals surface area (Å²) in [5.74, 6) is -1.12. The molecule has 358 valence electrons. The highest BCUT2D eigenvalue weighted by atomic mass is 31.2. The summed E-state index contributed by atoms with van der Waals surface area (Å²) in [4.78, 5) is 35.7. The fourth-order valence-corrected chi connectivity index (χ4v) is 8.31. The molecule has 1 rings (SSSR count). The molecule has 0 aliphatic heterocycles. The van der Waals surface area contributed by atoms with Gasteiger partial charge in [0.25, 0.3) is 0 Å². The molecule has 6 unspecified atom stereocenters. The molecule has 0 spiro atoms. The van der Waals surface area contributed by atoms with E-state index in [0.29, 0.717) is 12.8 Å². The summed E-state index contributed by atoms with van der Waals surface area (Å²) in [5.41, 5.74) is 0. The average Bonchev–Trinajstić information content (AvgIpc) is 3.24. The van der Waals surface area contributed by atoms with E-state index in [1.165, 1.54) is 109 Å². The molecule has 1 saturated carbocycles. The number of carbonyl (C=O) groups is 2. The summed E-state index contributed by atoms with van der Waals surface area (Å²) < 4.78 is 33.5. The van der Waals surface area contributed by atoms with Gasteiger partial charge >= 0.3 is 19.8 Å². The maximum absolute atomic E-state index is 12.8. The van der Waals surface area contributed by atoms with Gasteiger partial charge in [0, 0.05) is 12.8 Å². The fraction of sp³-hybridized carbons (Fsp3) is 0.872. The number of carbonyl (C=O) groups excluding carboxylic acids is 2. The van der Waals surface area contributed by atoms with Crippen molar-refractivity contribution in [3.05, 3.63) is 24.3 Å². The monoisotopic (exact) mass is 891 g/mol. The third-order valence-corrected chi connectivity index (χ3v) is 12.3. The molecule has 13 nitrogen and oxygen atoms in total. The van der Waals surface area contributed by atoms with Gasteiger partial charge in [0.1, 0.15) is 43.2 Å². The molecule has 61 heavy (non-hydrogen) atoms. The van der Waals surface area contributed by atoms with Gasteiger partial charge in [-0.1, -0.05) is 154 Å². The van der Waals surface area contributed by atoms with Gasteiger partial charge in [-0.15, -0.1) is 0 Å². The van der Waals surface area contributed by atoms with Gasteiger partial charge in [0.2, 0.25) is 0 Å². The minimum Gasteiger partial charge on any atom is -0.462 e. The molecule has 0 saturated heterocycles. The number of rotatable bonds is 40. The van der Waals surface area contributed by atoms with Crippen molar-refractivity contribution in [3.8, 4) is 0 Å². The summed E-state index contributed by atoms with van der Waals surface area (Å²) in [6.45, 7) is 3.29. The van der Waals surface area contributed by atoms with E-state index in [0.717, 1.165) is 57.8 Å². The van der Waals surface area contributed by atoms with E-state index in [2.05, 4.69) is 38.2 Å². The third kappa shape index (κ3) is 30.2. The van der Waals surface area contributed by atoms with Crippen LogP contribution >= 0.6 is 7.82 Å². The van der Waals surface area contributed by atoms with Gasteiger partial charge in [-0.05, 0) is 64.2 Å². The minimum atomic E-state index is -5.12. The number of phosphoric acid groups is 1.